The zero-order chi connectivity index (χ0) is 15.8. The number of hydrazine groups is 1. The topological polar surface area (TPSA) is 53.6 Å². The highest BCUT2D eigenvalue weighted by Crippen LogP contribution is 2.37. The largest absolute Gasteiger partial charge is 0.489 e. The van der Waals surface area contributed by atoms with Gasteiger partial charge in [0.1, 0.15) is 5.75 Å². The maximum atomic E-state index is 11.3. The Kier molecular flexibility index (Phi) is 4.68. The average Bonchev–Trinajstić information content (AvgIpc) is 2.67. The van der Waals surface area contributed by atoms with Crippen LogP contribution in [-0.4, -0.2) is 24.2 Å². The Labute approximate surface area is 134 Å². The van der Waals surface area contributed by atoms with Crippen LogP contribution in [0, 0.1) is 0 Å². The van der Waals surface area contributed by atoms with E-state index in [1.165, 1.54) is 0 Å². The molecule has 0 amide bonds. The number of hydrogen-bond acceptors (Lipinski definition) is 5. The fourth-order valence-corrected chi connectivity index (χ4v) is 2.71. The van der Waals surface area contributed by atoms with Gasteiger partial charge in [-0.05, 0) is 33.8 Å². The van der Waals surface area contributed by atoms with Crippen molar-refractivity contribution in [3.05, 3.63) is 22.2 Å². The highest BCUT2D eigenvalue weighted by atomic mass is 35.5. The van der Waals surface area contributed by atoms with E-state index in [4.69, 9.17) is 27.9 Å². The minimum atomic E-state index is -0.523. The predicted octanol–water partition coefficient (Wildman–Crippen LogP) is 2.96. The SMILES string of the molecule is CC(C)Oc1cc(N2NC(C)(C)NC2C=O)c(Cl)cc1Cl. The summed E-state index contributed by atoms with van der Waals surface area (Å²) < 4.78 is 5.67. The quantitative estimate of drug-likeness (QED) is 0.831. The number of carbonyl (C=O) groups excluding carboxylic acids is 1. The number of ether oxygens (including phenoxy) is 1. The van der Waals surface area contributed by atoms with Crippen molar-refractivity contribution in [2.45, 2.75) is 45.6 Å². The molecule has 0 saturated carbocycles. The van der Waals surface area contributed by atoms with E-state index < -0.39 is 11.8 Å². The van der Waals surface area contributed by atoms with E-state index >= 15 is 0 Å². The van der Waals surface area contributed by atoms with Crippen LogP contribution in [0.15, 0.2) is 12.1 Å². The third-order valence-corrected chi connectivity index (χ3v) is 3.54. The first-order valence-corrected chi connectivity index (χ1v) is 7.45. The Morgan fingerprint density at radius 3 is 2.57 bits per heavy atom. The third-order valence-electron chi connectivity index (χ3n) is 2.94. The molecule has 21 heavy (non-hydrogen) atoms. The van der Waals surface area contributed by atoms with Gasteiger partial charge in [0.2, 0.25) is 0 Å². The van der Waals surface area contributed by atoms with Gasteiger partial charge in [0.05, 0.1) is 27.5 Å². The molecule has 1 heterocycles. The van der Waals surface area contributed by atoms with Crippen molar-refractivity contribution in [1.82, 2.24) is 10.7 Å². The Hall–Kier alpha value is -1.01. The molecule has 1 aromatic carbocycles. The van der Waals surface area contributed by atoms with E-state index in [-0.39, 0.29) is 6.10 Å². The summed E-state index contributed by atoms with van der Waals surface area (Å²) in [5.41, 5.74) is 3.40. The summed E-state index contributed by atoms with van der Waals surface area (Å²) in [5.74, 6) is 0.530. The molecule has 1 fully saturated rings. The van der Waals surface area contributed by atoms with Crippen molar-refractivity contribution in [3.63, 3.8) is 0 Å². The molecule has 7 heteroatoms. The Morgan fingerprint density at radius 1 is 1.33 bits per heavy atom. The monoisotopic (exact) mass is 331 g/mol. The van der Waals surface area contributed by atoms with Gasteiger partial charge in [-0.25, -0.2) is 5.43 Å². The van der Waals surface area contributed by atoms with Crippen molar-refractivity contribution in [3.8, 4) is 5.75 Å². The van der Waals surface area contributed by atoms with Gasteiger partial charge in [-0.2, -0.15) is 0 Å². The number of hydrogen-bond donors (Lipinski definition) is 2. The molecule has 1 aromatic rings. The van der Waals surface area contributed by atoms with Gasteiger partial charge in [-0.15, -0.1) is 0 Å². The van der Waals surface area contributed by atoms with E-state index in [0.717, 1.165) is 6.29 Å². The lowest BCUT2D eigenvalue weighted by atomic mass is 10.2. The number of carbonyl (C=O) groups is 1. The van der Waals surface area contributed by atoms with Crippen LogP contribution in [0.5, 0.6) is 5.75 Å². The molecule has 5 nitrogen and oxygen atoms in total. The number of nitrogens with one attached hydrogen (secondary N) is 2. The molecule has 1 unspecified atom stereocenters. The molecule has 0 aromatic heterocycles. The first kappa shape index (κ1) is 16.4. The Balaban J connectivity index is 2.41. The normalized spacial score (nSPS) is 20.9. The van der Waals surface area contributed by atoms with Crippen LogP contribution in [0.2, 0.25) is 10.0 Å². The van der Waals surface area contributed by atoms with Gasteiger partial charge in [0.15, 0.2) is 12.5 Å². The lowest BCUT2D eigenvalue weighted by molar-refractivity contribution is -0.109. The highest BCUT2D eigenvalue weighted by molar-refractivity contribution is 6.37. The minimum Gasteiger partial charge on any atom is -0.489 e. The average molecular weight is 332 g/mol. The van der Waals surface area contributed by atoms with Crippen LogP contribution in [0.3, 0.4) is 0 Å². The van der Waals surface area contributed by atoms with Crippen LogP contribution in [-0.2, 0) is 4.79 Å². The van der Waals surface area contributed by atoms with Crippen LogP contribution >= 0.6 is 23.2 Å². The summed E-state index contributed by atoms with van der Waals surface area (Å²) in [6.45, 7) is 7.69. The number of nitrogens with zero attached hydrogens (tertiary/aromatic N) is 1. The summed E-state index contributed by atoms with van der Waals surface area (Å²) in [5, 5.41) is 5.70. The number of anilines is 1. The van der Waals surface area contributed by atoms with E-state index in [1.807, 2.05) is 27.7 Å². The number of benzene rings is 1. The van der Waals surface area contributed by atoms with Crippen molar-refractivity contribution in [2.75, 3.05) is 5.01 Å². The molecule has 0 aliphatic carbocycles. The van der Waals surface area contributed by atoms with E-state index in [2.05, 4.69) is 10.7 Å². The van der Waals surface area contributed by atoms with Crippen molar-refractivity contribution in [1.29, 1.82) is 0 Å². The molecule has 1 saturated heterocycles. The molecule has 1 atom stereocenters. The number of halogens is 2. The Morgan fingerprint density at radius 2 is 2.00 bits per heavy atom. The fourth-order valence-electron chi connectivity index (χ4n) is 2.19. The second-order valence-corrected chi connectivity index (χ2v) is 6.55. The first-order chi connectivity index (χ1) is 9.73. The van der Waals surface area contributed by atoms with Crippen LogP contribution in [0.25, 0.3) is 0 Å². The van der Waals surface area contributed by atoms with Crippen LogP contribution < -0.4 is 20.5 Å². The molecular formula is C14H19Cl2N3O2. The summed E-state index contributed by atoms with van der Waals surface area (Å²) in [6, 6.07) is 3.35. The summed E-state index contributed by atoms with van der Waals surface area (Å²) >= 11 is 12.4. The van der Waals surface area contributed by atoms with E-state index in [1.54, 1.807) is 17.1 Å². The van der Waals surface area contributed by atoms with Crippen LogP contribution in [0.1, 0.15) is 27.7 Å². The maximum absolute atomic E-state index is 11.3. The number of aldehydes is 1. The zero-order valence-corrected chi connectivity index (χ0v) is 13.9. The van der Waals surface area contributed by atoms with Crippen molar-refractivity contribution >= 4 is 35.2 Å². The standard InChI is InChI=1S/C14H19Cl2N3O2/c1-8(2)21-12-6-11(9(15)5-10(12)16)19-13(7-20)17-14(3,4)18-19/h5-8,13,17-18H,1-4H3. The zero-order valence-electron chi connectivity index (χ0n) is 12.4. The minimum absolute atomic E-state index is 0.0144. The van der Waals surface area contributed by atoms with Gasteiger partial charge >= 0.3 is 0 Å². The van der Waals surface area contributed by atoms with Gasteiger partial charge in [-0.3, -0.25) is 15.1 Å². The molecule has 116 valence electrons. The van der Waals surface area contributed by atoms with Gasteiger partial charge in [0.25, 0.3) is 0 Å². The summed E-state index contributed by atoms with van der Waals surface area (Å²) in [4.78, 5) is 11.3. The molecule has 0 radical (unpaired) electrons. The molecular weight excluding hydrogens is 313 g/mol. The molecule has 1 aliphatic rings. The predicted molar refractivity (Wildman–Crippen MR) is 84.9 cm³/mol. The maximum Gasteiger partial charge on any atom is 0.158 e. The second-order valence-electron chi connectivity index (χ2n) is 5.73. The molecule has 0 spiro atoms. The Bertz CT molecular complexity index is 549. The van der Waals surface area contributed by atoms with E-state index in [0.29, 0.717) is 21.5 Å². The molecule has 2 N–H and O–H groups in total. The van der Waals surface area contributed by atoms with Gasteiger partial charge < -0.3 is 4.74 Å². The highest BCUT2D eigenvalue weighted by Gasteiger charge is 2.37. The molecule has 0 bridgehead atoms. The fraction of sp³-hybridized carbons (Fsp3) is 0.500. The van der Waals surface area contributed by atoms with Gasteiger partial charge in [0, 0.05) is 6.07 Å². The van der Waals surface area contributed by atoms with E-state index in [9.17, 15) is 4.79 Å². The lowest BCUT2D eigenvalue weighted by Gasteiger charge is -2.25. The molecule has 1 aliphatic heterocycles. The van der Waals surface area contributed by atoms with Crippen molar-refractivity contribution < 1.29 is 9.53 Å². The van der Waals surface area contributed by atoms with Gasteiger partial charge in [-0.1, -0.05) is 23.2 Å². The summed E-state index contributed by atoms with van der Waals surface area (Å²) in [7, 11) is 0. The second kappa shape index (κ2) is 6.01. The smallest absolute Gasteiger partial charge is 0.158 e. The summed E-state index contributed by atoms with van der Waals surface area (Å²) in [6.07, 6.45) is 0.278. The number of rotatable bonds is 4. The third kappa shape index (κ3) is 3.61. The molecule has 2 rings (SSSR count). The van der Waals surface area contributed by atoms with Crippen LogP contribution in [0.4, 0.5) is 5.69 Å². The lowest BCUT2D eigenvalue weighted by Crippen LogP contribution is -2.45. The van der Waals surface area contributed by atoms with Crippen molar-refractivity contribution in [2.24, 2.45) is 0 Å². The first-order valence-electron chi connectivity index (χ1n) is 6.69.